The second-order valence-corrected chi connectivity index (χ2v) is 6.31. The van der Waals surface area contributed by atoms with E-state index in [-0.39, 0.29) is 23.3 Å². The molecule has 0 spiro atoms. The number of nitrogens with one attached hydrogen (secondary N) is 1. The molecule has 0 radical (unpaired) electrons. The standard InChI is InChI=1S/C17H20F2N4O/c1-22(2)17-21-9-10(23(17)3)8-20-16(24)13-7-12(13)11-5-4-6-14(18)15(11)19/h4-6,9,12-13H,7-8H2,1-3H3,(H,20,24)/t12-,13+/m0/s1. The Morgan fingerprint density at radius 1 is 1.42 bits per heavy atom. The molecular weight excluding hydrogens is 314 g/mol. The fourth-order valence-corrected chi connectivity index (χ4v) is 2.96. The number of hydrogen-bond donors (Lipinski definition) is 1. The summed E-state index contributed by atoms with van der Waals surface area (Å²) in [7, 11) is 5.67. The summed E-state index contributed by atoms with van der Waals surface area (Å²) in [5.74, 6) is -1.61. The molecule has 0 saturated heterocycles. The fraction of sp³-hybridized carbons (Fsp3) is 0.412. The SMILES string of the molecule is CN(C)c1ncc(CNC(=O)[C@@H]2C[C@H]2c2cccc(F)c2F)n1C. The molecule has 7 heteroatoms. The van der Waals surface area contributed by atoms with Gasteiger partial charge >= 0.3 is 0 Å². The van der Waals surface area contributed by atoms with Crippen molar-refractivity contribution in [2.45, 2.75) is 18.9 Å². The Bertz CT molecular complexity index is 772. The van der Waals surface area contributed by atoms with Gasteiger partial charge < -0.3 is 14.8 Å². The summed E-state index contributed by atoms with van der Waals surface area (Å²) in [6.07, 6.45) is 2.26. The van der Waals surface area contributed by atoms with Crippen molar-refractivity contribution in [3.63, 3.8) is 0 Å². The van der Waals surface area contributed by atoms with Crippen LogP contribution in [0.25, 0.3) is 0 Å². The lowest BCUT2D eigenvalue weighted by Crippen LogP contribution is -2.26. The Balaban J connectivity index is 1.60. The van der Waals surface area contributed by atoms with Gasteiger partial charge in [0.2, 0.25) is 11.9 Å². The average molecular weight is 334 g/mol. The van der Waals surface area contributed by atoms with Crippen LogP contribution in [0.5, 0.6) is 0 Å². The van der Waals surface area contributed by atoms with Crippen molar-refractivity contribution in [3.8, 4) is 0 Å². The molecule has 1 aromatic heterocycles. The molecule has 1 heterocycles. The zero-order valence-electron chi connectivity index (χ0n) is 13.9. The number of carbonyl (C=O) groups is 1. The van der Waals surface area contributed by atoms with E-state index < -0.39 is 11.6 Å². The van der Waals surface area contributed by atoms with Gasteiger partial charge in [-0.1, -0.05) is 12.1 Å². The van der Waals surface area contributed by atoms with Crippen LogP contribution in [0, 0.1) is 17.6 Å². The second-order valence-electron chi connectivity index (χ2n) is 6.31. The monoisotopic (exact) mass is 334 g/mol. The highest BCUT2D eigenvalue weighted by Crippen LogP contribution is 2.48. The van der Waals surface area contributed by atoms with Crippen molar-refractivity contribution in [3.05, 3.63) is 47.3 Å². The summed E-state index contributed by atoms with van der Waals surface area (Å²) in [4.78, 5) is 18.4. The van der Waals surface area contributed by atoms with E-state index >= 15 is 0 Å². The lowest BCUT2D eigenvalue weighted by Gasteiger charge is -2.13. The molecule has 1 aliphatic carbocycles. The number of benzene rings is 1. The van der Waals surface area contributed by atoms with Crippen molar-refractivity contribution in [2.24, 2.45) is 13.0 Å². The molecule has 2 aromatic rings. The molecule has 24 heavy (non-hydrogen) atoms. The molecular formula is C17H20F2N4O. The van der Waals surface area contributed by atoms with E-state index in [0.29, 0.717) is 13.0 Å². The van der Waals surface area contributed by atoms with Crippen LogP contribution in [0.3, 0.4) is 0 Å². The Labute approximate surface area is 139 Å². The minimum absolute atomic E-state index is 0.142. The molecule has 3 rings (SSSR count). The first kappa shape index (κ1) is 16.4. The summed E-state index contributed by atoms with van der Waals surface area (Å²) in [6, 6.07) is 4.10. The normalized spacial score (nSPS) is 19.2. The number of carbonyl (C=O) groups excluding carboxylic acids is 1. The molecule has 128 valence electrons. The zero-order valence-corrected chi connectivity index (χ0v) is 13.9. The lowest BCUT2D eigenvalue weighted by molar-refractivity contribution is -0.122. The van der Waals surface area contributed by atoms with Crippen LogP contribution >= 0.6 is 0 Å². The lowest BCUT2D eigenvalue weighted by atomic mass is 10.1. The maximum Gasteiger partial charge on any atom is 0.224 e. The van der Waals surface area contributed by atoms with Crippen molar-refractivity contribution in [1.82, 2.24) is 14.9 Å². The van der Waals surface area contributed by atoms with Gasteiger partial charge in [0.25, 0.3) is 0 Å². The quantitative estimate of drug-likeness (QED) is 0.912. The average Bonchev–Trinajstić information content (AvgIpc) is 3.24. The molecule has 1 fully saturated rings. The number of aromatic nitrogens is 2. The Morgan fingerprint density at radius 2 is 2.17 bits per heavy atom. The van der Waals surface area contributed by atoms with E-state index in [4.69, 9.17) is 0 Å². The van der Waals surface area contributed by atoms with Gasteiger partial charge in [-0.05, 0) is 24.0 Å². The molecule has 1 saturated carbocycles. The first-order valence-corrected chi connectivity index (χ1v) is 7.79. The van der Waals surface area contributed by atoms with Gasteiger partial charge in [-0.25, -0.2) is 13.8 Å². The van der Waals surface area contributed by atoms with Gasteiger partial charge in [-0.15, -0.1) is 0 Å². The van der Waals surface area contributed by atoms with Crippen LogP contribution in [0.1, 0.15) is 23.6 Å². The number of hydrogen-bond acceptors (Lipinski definition) is 3. The van der Waals surface area contributed by atoms with Crippen LogP contribution in [0.15, 0.2) is 24.4 Å². The van der Waals surface area contributed by atoms with Gasteiger partial charge in [0.05, 0.1) is 18.4 Å². The second kappa shape index (κ2) is 6.22. The third-order valence-corrected chi connectivity index (χ3v) is 4.41. The fourth-order valence-electron chi connectivity index (χ4n) is 2.96. The Morgan fingerprint density at radius 3 is 2.83 bits per heavy atom. The number of imidazole rings is 1. The van der Waals surface area contributed by atoms with Crippen LogP contribution in [-0.2, 0) is 18.4 Å². The minimum Gasteiger partial charge on any atom is -0.350 e. The first-order valence-electron chi connectivity index (χ1n) is 7.79. The predicted octanol–water partition coefficient (Wildman–Crippen LogP) is 2.18. The zero-order chi connectivity index (χ0) is 17.4. The van der Waals surface area contributed by atoms with E-state index in [9.17, 15) is 13.6 Å². The number of halogens is 2. The topological polar surface area (TPSA) is 50.2 Å². The maximum absolute atomic E-state index is 13.8. The van der Waals surface area contributed by atoms with Crippen molar-refractivity contribution in [2.75, 3.05) is 19.0 Å². The molecule has 1 aromatic carbocycles. The third kappa shape index (κ3) is 2.98. The summed E-state index contributed by atoms with van der Waals surface area (Å²) in [6.45, 7) is 0.352. The minimum atomic E-state index is -0.871. The van der Waals surface area contributed by atoms with Gasteiger partial charge in [0, 0.05) is 27.1 Å². The van der Waals surface area contributed by atoms with E-state index in [0.717, 1.165) is 17.7 Å². The smallest absolute Gasteiger partial charge is 0.224 e. The molecule has 2 atom stereocenters. The van der Waals surface area contributed by atoms with Gasteiger partial charge in [-0.2, -0.15) is 0 Å². The summed E-state index contributed by atoms with van der Waals surface area (Å²) < 4.78 is 29.0. The molecule has 0 aliphatic heterocycles. The third-order valence-electron chi connectivity index (χ3n) is 4.41. The van der Waals surface area contributed by atoms with E-state index in [1.165, 1.54) is 6.07 Å². The van der Waals surface area contributed by atoms with Crippen LogP contribution < -0.4 is 10.2 Å². The molecule has 0 unspecified atom stereocenters. The molecule has 1 N–H and O–H groups in total. The first-order chi connectivity index (χ1) is 11.4. The highest BCUT2D eigenvalue weighted by molar-refractivity contribution is 5.82. The maximum atomic E-state index is 13.8. The number of nitrogens with zero attached hydrogens (tertiary/aromatic N) is 3. The number of anilines is 1. The van der Waals surface area contributed by atoms with Crippen molar-refractivity contribution >= 4 is 11.9 Å². The molecule has 1 aliphatic rings. The van der Waals surface area contributed by atoms with Crippen molar-refractivity contribution in [1.29, 1.82) is 0 Å². The van der Waals surface area contributed by atoms with E-state index in [1.54, 1.807) is 12.3 Å². The van der Waals surface area contributed by atoms with Gasteiger partial charge in [0.15, 0.2) is 11.6 Å². The number of rotatable bonds is 5. The molecule has 0 bridgehead atoms. The number of amides is 1. The molecule has 1 amide bonds. The summed E-state index contributed by atoms with van der Waals surface area (Å²) in [5.41, 5.74) is 1.16. The van der Waals surface area contributed by atoms with Crippen LogP contribution in [0.2, 0.25) is 0 Å². The highest BCUT2D eigenvalue weighted by atomic mass is 19.2. The van der Waals surface area contributed by atoms with Crippen LogP contribution in [0.4, 0.5) is 14.7 Å². The van der Waals surface area contributed by atoms with E-state index in [1.807, 2.05) is 30.6 Å². The van der Waals surface area contributed by atoms with Crippen molar-refractivity contribution < 1.29 is 13.6 Å². The molecule has 5 nitrogen and oxygen atoms in total. The predicted molar refractivity (Wildman–Crippen MR) is 86.6 cm³/mol. The highest BCUT2D eigenvalue weighted by Gasteiger charge is 2.45. The summed E-state index contributed by atoms with van der Waals surface area (Å²) in [5, 5.41) is 2.85. The Kier molecular flexibility index (Phi) is 4.26. The Hall–Kier alpha value is -2.44. The van der Waals surface area contributed by atoms with Gasteiger partial charge in [0.1, 0.15) is 0 Å². The summed E-state index contributed by atoms with van der Waals surface area (Å²) >= 11 is 0. The van der Waals surface area contributed by atoms with Crippen LogP contribution in [-0.4, -0.2) is 29.6 Å². The van der Waals surface area contributed by atoms with Gasteiger partial charge in [-0.3, -0.25) is 4.79 Å². The van der Waals surface area contributed by atoms with E-state index in [2.05, 4.69) is 10.3 Å². The largest absolute Gasteiger partial charge is 0.350 e.